The third-order valence-corrected chi connectivity index (χ3v) is 4.28. The van der Waals surface area contributed by atoms with Crippen LogP contribution in [0.15, 0.2) is 24.3 Å². The van der Waals surface area contributed by atoms with Crippen molar-refractivity contribution < 1.29 is 0 Å². The Morgan fingerprint density at radius 1 is 1.10 bits per heavy atom. The van der Waals surface area contributed by atoms with Crippen LogP contribution in [0.2, 0.25) is 0 Å². The molecule has 0 spiro atoms. The number of rotatable bonds is 7. The second-order valence-electron chi connectivity index (χ2n) is 6.69. The minimum atomic E-state index is 0.717. The van der Waals surface area contributed by atoms with Crippen LogP contribution >= 0.6 is 0 Å². The van der Waals surface area contributed by atoms with Crippen LogP contribution in [0.1, 0.15) is 50.7 Å². The third kappa shape index (κ3) is 4.92. The molecule has 0 saturated heterocycles. The van der Waals surface area contributed by atoms with Crippen molar-refractivity contribution in [3.05, 3.63) is 35.4 Å². The van der Waals surface area contributed by atoms with Crippen LogP contribution in [0.5, 0.6) is 0 Å². The van der Waals surface area contributed by atoms with Gasteiger partial charge in [0.25, 0.3) is 0 Å². The molecule has 0 atom stereocenters. The normalized spacial score (nSPS) is 16.4. The topological polar surface area (TPSA) is 15.3 Å². The summed E-state index contributed by atoms with van der Waals surface area (Å²) < 4.78 is 0. The highest BCUT2D eigenvalue weighted by Crippen LogP contribution is 2.23. The maximum absolute atomic E-state index is 3.50. The molecule has 2 nitrogen and oxygen atoms in total. The van der Waals surface area contributed by atoms with E-state index in [9.17, 15) is 0 Å². The Balaban J connectivity index is 1.78. The lowest BCUT2D eigenvalue weighted by molar-refractivity contribution is 0.237. The zero-order chi connectivity index (χ0) is 14.4. The van der Waals surface area contributed by atoms with Gasteiger partial charge < -0.3 is 5.32 Å². The molecule has 1 fully saturated rings. The fraction of sp³-hybridized carbons (Fsp3) is 0.667. The Morgan fingerprint density at radius 2 is 1.70 bits per heavy atom. The van der Waals surface area contributed by atoms with E-state index in [-0.39, 0.29) is 0 Å². The molecule has 0 aliphatic heterocycles. The predicted octanol–water partition coefficient (Wildman–Crippen LogP) is 3.81. The lowest BCUT2D eigenvalue weighted by Crippen LogP contribution is -2.28. The van der Waals surface area contributed by atoms with E-state index >= 15 is 0 Å². The van der Waals surface area contributed by atoms with Gasteiger partial charge in [-0.1, -0.05) is 51.0 Å². The average molecular weight is 274 g/mol. The largest absolute Gasteiger partial charge is 0.312 e. The van der Waals surface area contributed by atoms with Crippen molar-refractivity contribution >= 4 is 0 Å². The highest BCUT2D eigenvalue weighted by Gasteiger charge is 2.19. The highest BCUT2D eigenvalue weighted by atomic mass is 15.1. The number of hydrogen-bond donors (Lipinski definition) is 1. The summed E-state index contributed by atoms with van der Waals surface area (Å²) in [6.45, 7) is 7.65. The SMILES string of the molecule is CC(C)CNCc1ccc(CN(C)C2CCCC2)cc1. The third-order valence-electron chi connectivity index (χ3n) is 4.28. The molecule has 0 unspecified atom stereocenters. The minimum Gasteiger partial charge on any atom is -0.312 e. The molecule has 0 radical (unpaired) electrons. The minimum absolute atomic E-state index is 0.717. The molecule has 0 amide bonds. The van der Waals surface area contributed by atoms with Gasteiger partial charge in [-0.25, -0.2) is 0 Å². The molecule has 20 heavy (non-hydrogen) atoms. The summed E-state index contributed by atoms with van der Waals surface area (Å²) in [5, 5.41) is 3.50. The Kier molecular flexibility index (Phi) is 6.06. The first kappa shape index (κ1) is 15.5. The maximum atomic E-state index is 3.50. The maximum Gasteiger partial charge on any atom is 0.0233 e. The summed E-state index contributed by atoms with van der Waals surface area (Å²) in [6.07, 6.45) is 5.59. The highest BCUT2D eigenvalue weighted by molar-refractivity contribution is 5.22. The quantitative estimate of drug-likeness (QED) is 0.813. The Bertz CT molecular complexity index is 377. The second kappa shape index (κ2) is 7.80. The van der Waals surface area contributed by atoms with E-state index in [0.717, 1.165) is 25.7 Å². The van der Waals surface area contributed by atoms with Crippen LogP contribution < -0.4 is 5.32 Å². The number of nitrogens with zero attached hydrogens (tertiary/aromatic N) is 1. The molecule has 1 aliphatic rings. The van der Waals surface area contributed by atoms with Gasteiger partial charge in [-0.15, -0.1) is 0 Å². The summed E-state index contributed by atoms with van der Waals surface area (Å²) in [6, 6.07) is 9.92. The lowest BCUT2D eigenvalue weighted by Gasteiger charge is -2.24. The van der Waals surface area contributed by atoms with Crippen molar-refractivity contribution in [2.75, 3.05) is 13.6 Å². The zero-order valence-corrected chi connectivity index (χ0v) is 13.4. The van der Waals surface area contributed by atoms with Crippen molar-refractivity contribution in [1.82, 2.24) is 10.2 Å². The fourth-order valence-electron chi connectivity index (χ4n) is 3.03. The molecular formula is C18H30N2. The van der Waals surface area contributed by atoms with E-state index in [2.05, 4.69) is 55.4 Å². The Labute approximate surface area is 124 Å². The first-order valence-electron chi connectivity index (χ1n) is 8.14. The van der Waals surface area contributed by atoms with Gasteiger partial charge in [0.1, 0.15) is 0 Å². The first-order chi connectivity index (χ1) is 9.65. The van der Waals surface area contributed by atoms with Crippen molar-refractivity contribution in [2.45, 2.75) is 58.7 Å². The van der Waals surface area contributed by atoms with Crippen LogP contribution in [0.4, 0.5) is 0 Å². The molecular weight excluding hydrogens is 244 g/mol. The van der Waals surface area contributed by atoms with Crippen molar-refractivity contribution in [3.8, 4) is 0 Å². The van der Waals surface area contributed by atoms with Crippen molar-refractivity contribution in [3.63, 3.8) is 0 Å². The van der Waals surface area contributed by atoms with Gasteiger partial charge >= 0.3 is 0 Å². The van der Waals surface area contributed by atoms with E-state index in [1.807, 2.05) is 0 Å². The van der Waals surface area contributed by atoms with E-state index in [1.165, 1.54) is 36.8 Å². The van der Waals surface area contributed by atoms with Crippen LogP contribution in [-0.2, 0) is 13.1 Å². The van der Waals surface area contributed by atoms with Gasteiger partial charge in [0.2, 0.25) is 0 Å². The first-order valence-corrected chi connectivity index (χ1v) is 8.14. The molecule has 1 saturated carbocycles. The number of hydrogen-bond acceptors (Lipinski definition) is 2. The van der Waals surface area contributed by atoms with E-state index < -0.39 is 0 Å². The molecule has 1 aromatic rings. The van der Waals surface area contributed by atoms with Gasteiger partial charge in [0.05, 0.1) is 0 Å². The molecule has 0 aromatic heterocycles. The average Bonchev–Trinajstić information content (AvgIpc) is 2.94. The predicted molar refractivity (Wildman–Crippen MR) is 86.7 cm³/mol. The summed E-state index contributed by atoms with van der Waals surface area (Å²) in [5.41, 5.74) is 2.82. The standard InChI is InChI=1S/C18H30N2/c1-15(2)12-19-13-16-8-10-17(11-9-16)14-20(3)18-6-4-5-7-18/h8-11,15,18-19H,4-7,12-14H2,1-3H3. The Hall–Kier alpha value is -0.860. The summed E-state index contributed by atoms with van der Waals surface area (Å²) in [5.74, 6) is 0.717. The van der Waals surface area contributed by atoms with E-state index in [4.69, 9.17) is 0 Å². The monoisotopic (exact) mass is 274 g/mol. The van der Waals surface area contributed by atoms with Gasteiger partial charge in [-0.3, -0.25) is 4.90 Å². The smallest absolute Gasteiger partial charge is 0.0233 e. The molecule has 2 rings (SSSR count). The van der Waals surface area contributed by atoms with Crippen molar-refractivity contribution in [1.29, 1.82) is 0 Å². The fourth-order valence-corrected chi connectivity index (χ4v) is 3.03. The molecule has 2 heteroatoms. The molecule has 112 valence electrons. The second-order valence-corrected chi connectivity index (χ2v) is 6.69. The van der Waals surface area contributed by atoms with Crippen LogP contribution in [0.3, 0.4) is 0 Å². The van der Waals surface area contributed by atoms with Gasteiger partial charge in [0, 0.05) is 19.1 Å². The van der Waals surface area contributed by atoms with Gasteiger partial charge in [-0.2, -0.15) is 0 Å². The molecule has 0 bridgehead atoms. The zero-order valence-electron chi connectivity index (χ0n) is 13.4. The van der Waals surface area contributed by atoms with Crippen LogP contribution in [0, 0.1) is 5.92 Å². The van der Waals surface area contributed by atoms with Crippen molar-refractivity contribution in [2.24, 2.45) is 5.92 Å². The summed E-state index contributed by atoms with van der Waals surface area (Å²) in [7, 11) is 2.27. The summed E-state index contributed by atoms with van der Waals surface area (Å²) in [4.78, 5) is 2.53. The molecule has 1 N–H and O–H groups in total. The van der Waals surface area contributed by atoms with E-state index in [1.54, 1.807) is 0 Å². The van der Waals surface area contributed by atoms with Crippen LogP contribution in [-0.4, -0.2) is 24.5 Å². The number of nitrogens with one attached hydrogen (secondary N) is 1. The lowest BCUT2D eigenvalue weighted by atomic mass is 10.1. The number of benzene rings is 1. The van der Waals surface area contributed by atoms with Crippen LogP contribution in [0.25, 0.3) is 0 Å². The Morgan fingerprint density at radius 3 is 2.30 bits per heavy atom. The summed E-state index contributed by atoms with van der Waals surface area (Å²) >= 11 is 0. The molecule has 0 heterocycles. The molecule has 1 aliphatic carbocycles. The molecule has 1 aromatic carbocycles. The van der Waals surface area contributed by atoms with E-state index in [0.29, 0.717) is 5.92 Å². The van der Waals surface area contributed by atoms with Gasteiger partial charge in [-0.05, 0) is 43.5 Å². The van der Waals surface area contributed by atoms with Gasteiger partial charge in [0.15, 0.2) is 0 Å².